The second kappa shape index (κ2) is 5.49. The van der Waals surface area contributed by atoms with Crippen LogP contribution in [-0.4, -0.2) is 21.2 Å². The van der Waals surface area contributed by atoms with Crippen LogP contribution in [0.15, 0.2) is 6.20 Å². The van der Waals surface area contributed by atoms with Gasteiger partial charge in [0.25, 0.3) is 0 Å². The van der Waals surface area contributed by atoms with E-state index in [1.165, 1.54) is 42.1 Å². The highest BCUT2D eigenvalue weighted by Crippen LogP contribution is 2.55. The van der Waals surface area contributed by atoms with Gasteiger partial charge >= 0.3 is 0 Å². The number of nitrogens with zero attached hydrogens (tertiary/aromatic N) is 2. The Morgan fingerprint density at radius 3 is 2.41 bits per heavy atom. The molecule has 0 saturated heterocycles. The van der Waals surface area contributed by atoms with Gasteiger partial charge < -0.3 is 5.32 Å². The summed E-state index contributed by atoms with van der Waals surface area (Å²) in [6.07, 6.45) is 10.3. The molecule has 0 aliphatic heterocycles. The normalized spacial score (nSPS) is 35.8. The zero-order valence-electron chi connectivity index (χ0n) is 13.1. The Balaban J connectivity index is 1.37. The first-order chi connectivity index (χ1) is 10.5. The van der Waals surface area contributed by atoms with Crippen LogP contribution in [0.5, 0.6) is 0 Å². The van der Waals surface area contributed by atoms with Crippen molar-refractivity contribution in [3.63, 3.8) is 0 Å². The van der Waals surface area contributed by atoms with Gasteiger partial charge in [-0.15, -0.1) is 0 Å². The number of hydrogen-bond acceptors (Lipinski definition) is 2. The van der Waals surface area contributed by atoms with E-state index in [2.05, 4.69) is 39.9 Å². The van der Waals surface area contributed by atoms with E-state index in [0.717, 1.165) is 23.4 Å². The fraction of sp³-hybridized carbons (Fsp3) is 0.765. The van der Waals surface area contributed by atoms with Crippen molar-refractivity contribution in [2.45, 2.75) is 64.0 Å². The van der Waals surface area contributed by atoms with Gasteiger partial charge in [0.15, 0.2) is 0 Å². The van der Waals surface area contributed by atoms with Gasteiger partial charge in [-0.3, -0.25) is 9.48 Å². The monoisotopic (exact) mass is 413 g/mol. The summed E-state index contributed by atoms with van der Waals surface area (Å²) >= 11 is 2.29. The summed E-state index contributed by atoms with van der Waals surface area (Å²) in [5.74, 6) is 2.84. The fourth-order valence-electron chi connectivity index (χ4n) is 5.48. The molecule has 4 aliphatic carbocycles. The lowest BCUT2D eigenvalue weighted by Crippen LogP contribution is -2.59. The minimum atomic E-state index is 0.138. The molecule has 4 saturated carbocycles. The van der Waals surface area contributed by atoms with E-state index in [1.807, 2.05) is 10.9 Å². The lowest BCUT2D eigenvalue weighted by molar-refractivity contribution is -0.127. The van der Waals surface area contributed by atoms with Crippen LogP contribution in [0.2, 0.25) is 0 Å². The van der Waals surface area contributed by atoms with Crippen molar-refractivity contribution in [3.8, 4) is 0 Å². The topological polar surface area (TPSA) is 46.9 Å². The predicted molar refractivity (Wildman–Crippen MR) is 93.3 cm³/mol. The molecule has 4 nitrogen and oxygen atoms in total. The third-order valence-electron chi connectivity index (χ3n) is 6.04. The summed E-state index contributed by atoms with van der Waals surface area (Å²) < 4.78 is 3.11. The molecule has 22 heavy (non-hydrogen) atoms. The van der Waals surface area contributed by atoms with E-state index in [0.29, 0.717) is 13.0 Å². The molecule has 1 N–H and O–H groups in total. The Morgan fingerprint density at radius 1 is 1.32 bits per heavy atom. The van der Waals surface area contributed by atoms with Crippen molar-refractivity contribution in [3.05, 3.63) is 15.5 Å². The Labute approximate surface area is 145 Å². The van der Waals surface area contributed by atoms with Crippen LogP contribution in [0, 0.1) is 28.2 Å². The van der Waals surface area contributed by atoms with Crippen LogP contribution in [0.1, 0.15) is 50.6 Å². The molecule has 4 bridgehead atoms. The largest absolute Gasteiger partial charge is 0.351 e. The summed E-state index contributed by atoms with van der Waals surface area (Å²) in [5.41, 5.74) is 1.29. The molecule has 5 heteroatoms. The average Bonchev–Trinajstić information content (AvgIpc) is 2.74. The third kappa shape index (κ3) is 2.69. The van der Waals surface area contributed by atoms with Gasteiger partial charge in [0, 0.05) is 24.2 Å². The van der Waals surface area contributed by atoms with Crippen LogP contribution in [0.25, 0.3) is 0 Å². The number of aromatic nitrogens is 2. The van der Waals surface area contributed by atoms with Crippen LogP contribution in [0.4, 0.5) is 0 Å². The maximum absolute atomic E-state index is 12.5. The Hall–Kier alpha value is -0.590. The summed E-state index contributed by atoms with van der Waals surface area (Å²) in [6.45, 7) is 2.75. The number of nitrogens with one attached hydrogen (secondary N) is 1. The van der Waals surface area contributed by atoms with Crippen LogP contribution < -0.4 is 5.32 Å². The molecule has 120 valence electrons. The molecule has 4 aliphatic rings. The third-order valence-corrected chi connectivity index (χ3v) is 7.10. The van der Waals surface area contributed by atoms with Crippen molar-refractivity contribution in [1.29, 1.82) is 0 Å². The molecule has 1 amide bonds. The molecule has 1 aromatic heterocycles. The lowest BCUT2D eigenvalue weighted by atomic mass is 9.53. The van der Waals surface area contributed by atoms with E-state index >= 15 is 0 Å². The summed E-state index contributed by atoms with van der Waals surface area (Å²) in [4.78, 5) is 12.5. The molecule has 5 rings (SSSR count). The van der Waals surface area contributed by atoms with E-state index < -0.39 is 0 Å². The zero-order chi connectivity index (χ0) is 15.3. The number of aryl methyl sites for hydroxylation is 1. The maximum Gasteiger partial charge on any atom is 0.222 e. The van der Waals surface area contributed by atoms with Gasteiger partial charge in [0.05, 0.1) is 9.77 Å². The molecule has 0 unspecified atom stereocenters. The van der Waals surface area contributed by atoms with Gasteiger partial charge in [-0.1, -0.05) is 0 Å². The molecular weight excluding hydrogens is 389 g/mol. The number of halogens is 1. The van der Waals surface area contributed by atoms with Gasteiger partial charge in [-0.05, 0) is 85.8 Å². The Morgan fingerprint density at radius 2 is 1.91 bits per heavy atom. The quantitative estimate of drug-likeness (QED) is 0.771. The number of hydrogen-bond donors (Lipinski definition) is 1. The van der Waals surface area contributed by atoms with Crippen molar-refractivity contribution in [2.24, 2.45) is 17.8 Å². The molecule has 4 fully saturated rings. The zero-order valence-corrected chi connectivity index (χ0v) is 15.3. The highest BCUT2D eigenvalue weighted by Gasteiger charge is 2.51. The highest BCUT2D eigenvalue weighted by atomic mass is 127. The SMILES string of the molecule is Cc1c(I)cnn1CCC(=O)NC12CC3CC(CC(C3)C1)C2. The first-order valence-electron chi connectivity index (χ1n) is 8.52. The van der Waals surface area contributed by atoms with Crippen LogP contribution in [0.3, 0.4) is 0 Å². The first-order valence-corrected chi connectivity index (χ1v) is 9.60. The van der Waals surface area contributed by atoms with Crippen LogP contribution >= 0.6 is 22.6 Å². The van der Waals surface area contributed by atoms with E-state index in [1.54, 1.807) is 0 Å². The second-order valence-electron chi connectivity index (χ2n) is 7.80. The van der Waals surface area contributed by atoms with Crippen molar-refractivity contribution in [1.82, 2.24) is 15.1 Å². The molecule has 1 aromatic rings. The van der Waals surface area contributed by atoms with Crippen molar-refractivity contribution >= 4 is 28.5 Å². The number of carbonyl (C=O) groups is 1. The van der Waals surface area contributed by atoms with E-state index in [9.17, 15) is 4.79 Å². The molecule has 1 heterocycles. The summed E-state index contributed by atoms with van der Waals surface area (Å²) in [5, 5.41) is 7.78. The van der Waals surface area contributed by atoms with E-state index in [4.69, 9.17) is 0 Å². The maximum atomic E-state index is 12.5. The van der Waals surface area contributed by atoms with Crippen molar-refractivity contribution in [2.75, 3.05) is 0 Å². The number of amides is 1. The number of rotatable bonds is 4. The minimum absolute atomic E-state index is 0.138. The first kappa shape index (κ1) is 15.0. The molecular formula is C17H24IN3O. The molecule has 0 atom stereocenters. The summed E-state index contributed by atoms with van der Waals surface area (Å²) in [6, 6.07) is 0. The van der Waals surface area contributed by atoms with Gasteiger partial charge in [0.1, 0.15) is 0 Å². The minimum Gasteiger partial charge on any atom is -0.351 e. The number of carbonyl (C=O) groups excluding carboxylic acids is 1. The Kier molecular flexibility index (Phi) is 3.74. The van der Waals surface area contributed by atoms with E-state index in [-0.39, 0.29) is 11.4 Å². The summed E-state index contributed by atoms with van der Waals surface area (Å²) in [7, 11) is 0. The van der Waals surface area contributed by atoms with Gasteiger partial charge in [-0.25, -0.2) is 0 Å². The molecule has 0 aromatic carbocycles. The Bertz CT molecular complexity index is 559. The predicted octanol–water partition coefficient (Wildman–Crippen LogP) is 3.27. The van der Waals surface area contributed by atoms with Gasteiger partial charge in [0.2, 0.25) is 5.91 Å². The second-order valence-corrected chi connectivity index (χ2v) is 8.96. The smallest absolute Gasteiger partial charge is 0.222 e. The van der Waals surface area contributed by atoms with Crippen molar-refractivity contribution < 1.29 is 4.79 Å². The lowest BCUT2D eigenvalue weighted by Gasteiger charge is -2.56. The average molecular weight is 413 g/mol. The molecule has 0 spiro atoms. The molecule has 0 radical (unpaired) electrons. The van der Waals surface area contributed by atoms with Gasteiger partial charge in [-0.2, -0.15) is 5.10 Å². The standard InChI is InChI=1S/C17H24IN3O/c1-11-15(18)10-19-21(11)3-2-16(22)20-17-7-12-4-13(8-17)6-14(5-12)9-17/h10,12-14H,2-9H2,1H3,(H,20,22). The fourth-order valence-corrected chi connectivity index (χ4v) is 5.88. The highest BCUT2D eigenvalue weighted by molar-refractivity contribution is 14.1. The van der Waals surface area contributed by atoms with Crippen LogP contribution in [-0.2, 0) is 11.3 Å².